The van der Waals surface area contributed by atoms with Gasteiger partial charge in [-0.2, -0.15) is 12.6 Å². The van der Waals surface area contributed by atoms with E-state index in [0.717, 1.165) is 10.9 Å². The van der Waals surface area contributed by atoms with Crippen molar-refractivity contribution in [2.24, 2.45) is 5.16 Å². The molecule has 0 saturated carbocycles. The summed E-state index contributed by atoms with van der Waals surface area (Å²) in [5.41, 5.74) is 1.25. The van der Waals surface area contributed by atoms with E-state index >= 15 is 0 Å². The number of fused-ring (bicyclic) bond motifs is 1. The smallest absolute Gasteiger partial charge is 0.358 e. The highest BCUT2D eigenvalue weighted by Gasteiger charge is 2.17. The maximum absolute atomic E-state index is 11.2. The van der Waals surface area contributed by atoms with Gasteiger partial charge in [-0.3, -0.25) is 0 Å². The zero-order chi connectivity index (χ0) is 13.0. The molecule has 1 aromatic heterocycles. The SMILES string of the molecule is O=C(O)/C(=N/OCCS)c1c[nH]c2ccccc12. The summed E-state index contributed by atoms with van der Waals surface area (Å²) >= 11 is 3.96. The van der Waals surface area contributed by atoms with Crippen LogP contribution in [-0.2, 0) is 9.63 Å². The van der Waals surface area contributed by atoms with Crippen molar-refractivity contribution in [1.29, 1.82) is 0 Å². The van der Waals surface area contributed by atoms with Crippen LogP contribution < -0.4 is 0 Å². The number of nitrogens with one attached hydrogen (secondary N) is 1. The number of aromatic amines is 1. The van der Waals surface area contributed by atoms with Gasteiger partial charge in [-0.25, -0.2) is 4.79 Å². The Morgan fingerprint density at radius 3 is 2.94 bits per heavy atom. The molecule has 0 atom stereocenters. The molecule has 1 aromatic carbocycles. The number of rotatable bonds is 5. The first-order valence-corrected chi connectivity index (χ1v) is 5.98. The van der Waals surface area contributed by atoms with Gasteiger partial charge in [-0.15, -0.1) is 0 Å². The van der Waals surface area contributed by atoms with E-state index in [9.17, 15) is 4.79 Å². The Kier molecular flexibility index (Phi) is 3.88. The van der Waals surface area contributed by atoms with Crippen LogP contribution in [0.1, 0.15) is 5.56 Å². The number of carboxylic acid groups (broad SMARTS) is 1. The average Bonchev–Trinajstić information content (AvgIpc) is 2.78. The highest BCUT2D eigenvalue weighted by Crippen LogP contribution is 2.18. The number of oxime groups is 1. The maximum atomic E-state index is 11.2. The second-order valence-corrected chi connectivity index (χ2v) is 4.00. The lowest BCUT2D eigenvalue weighted by molar-refractivity contribution is -0.129. The third-order valence-electron chi connectivity index (χ3n) is 2.39. The highest BCUT2D eigenvalue weighted by atomic mass is 32.1. The van der Waals surface area contributed by atoms with Crippen LogP contribution in [0.3, 0.4) is 0 Å². The number of carboxylic acids is 1. The Labute approximate surface area is 109 Å². The largest absolute Gasteiger partial charge is 0.476 e. The minimum absolute atomic E-state index is 0.116. The number of para-hydroxylation sites is 1. The van der Waals surface area contributed by atoms with Crippen LogP contribution in [-0.4, -0.2) is 34.1 Å². The number of aliphatic carboxylic acids is 1. The van der Waals surface area contributed by atoms with Crippen molar-refractivity contribution in [3.05, 3.63) is 36.0 Å². The molecule has 0 radical (unpaired) electrons. The first-order chi connectivity index (χ1) is 8.74. The van der Waals surface area contributed by atoms with E-state index in [2.05, 4.69) is 22.8 Å². The topological polar surface area (TPSA) is 74.7 Å². The summed E-state index contributed by atoms with van der Waals surface area (Å²) in [7, 11) is 0. The molecule has 1 heterocycles. The van der Waals surface area contributed by atoms with E-state index in [0.29, 0.717) is 11.3 Å². The normalized spacial score (nSPS) is 11.7. The fraction of sp³-hybridized carbons (Fsp3) is 0.167. The molecule has 94 valence electrons. The van der Waals surface area contributed by atoms with E-state index in [-0.39, 0.29) is 12.3 Å². The lowest BCUT2D eigenvalue weighted by Gasteiger charge is -2.00. The summed E-state index contributed by atoms with van der Waals surface area (Å²) in [6, 6.07) is 7.41. The lowest BCUT2D eigenvalue weighted by Crippen LogP contribution is -2.15. The molecule has 2 N–H and O–H groups in total. The van der Waals surface area contributed by atoms with Gasteiger partial charge in [-0.1, -0.05) is 23.4 Å². The lowest BCUT2D eigenvalue weighted by atomic mass is 10.1. The molecule has 0 bridgehead atoms. The summed E-state index contributed by atoms with van der Waals surface area (Å²) in [5, 5.41) is 13.6. The Morgan fingerprint density at radius 1 is 1.44 bits per heavy atom. The maximum Gasteiger partial charge on any atom is 0.358 e. The first-order valence-electron chi connectivity index (χ1n) is 5.34. The standard InChI is InChI=1S/C12H12N2O3S/c15-12(16)11(14-17-5-6-18)9-7-13-10-4-2-1-3-8(9)10/h1-4,7,13,18H,5-6H2,(H,15,16)/b14-11+. The minimum atomic E-state index is -1.13. The minimum Gasteiger partial charge on any atom is -0.476 e. The molecule has 5 nitrogen and oxygen atoms in total. The van der Waals surface area contributed by atoms with Crippen LogP contribution in [0.5, 0.6) is 0 Å². The zero-order valence-electron chi connectivity index (χ0n) is 9.46. The molecule has 2 rings (SSSR count). The fourth-order valence-corrected chi connectivity index (χ4v) is 1.70. The van der Waals surface area contributed by atoms with Crippen LogP contribution in [0.2, 0.25) is 0 Å². The Morgan fingerprint density at radius 2 is 2.22 bits per heavy atom. The Balaban J connectivity index is 2.42. The van der Waals surface area contributed by atoms with Crippen molar-refractivity contribution in [3.8, 4) is 0 Å². The molecule has 0 aliphatic heterocycles. The van der Waals surface area contributed by atoms with Crippen molar-refractivity contribution in [1.82, 2.24) is 4.98 Å². The third-order valence-corrected chi connectivity index (χ3v) is 2.57. The van der Waals surface area contributed by atoms with Gasteiger partial charge in [0.25, 0.3) is 0 Å². The van der Waals surface area contributed by atoms with Crippen LogP contribution in [0.15, 0.2) is 35.6 Å². The van der Waals surface area contributed by atoms with Gasteiger partial charge in [0.05, 0.1) is 0 Å². The van der Waals surface area contributed by atoms with Gasteiger partial charge < -0.3 is 14.9 Å². The number of aromatic nitrogens is 1. The number of nitrogens with zero attached hydrogens (tertiary/aromatic N) is 1. The summed E-state index contributed by atoms with van der Waals surface area (Å²) in [6.07, 6.45) is 1.61. The molecule has 6 heteroatoms. The molecule has 0 spiro atoms. The summed E-state index contributed by atoms with van der Waals surface area (Å²) in [6.45, 7) is 0.266. The molecule has 0 amide bonds. The van der Waals surface area contributed by atoms with Gasteiger partial charge in [0, 0.05) is 28.4 Å². The molecule has 18 heavy (non-hydrogen) atoms. The van der Waals surface area contributed by atoms with Crippen LogP contribution in [0.25, 0.3) is 10.9 Å². The predicted molar refractivity (Wildman–Crippen MR) is 72.3 cm³/mol. The molecular formula is C12H12N2O3S. The molecule has 2 aromatic rings. The first kappa shape index (κ1) is 12.5. The van der Waals surface area contributed by atoms with Gasteiger partial charge in [0.1, 0.15) is 6.61 Å². The van der Waals surface area contributed by atoms with Crippen LogP contribution in [0, 0.1) is 0 Å². The number of H-pyrrole nitrogens is 1. The number of hydrogen-bond donors (Lipinski definition) is 3. The molecule has 0 unspecified atom stereocenters. The zero-order valence-corrected chi connectivity index (χ0v) is 10.4. The number of carbonyl (C=O) groups is 1. The van der Waals surface area contributed by atoms with E-state index in [1.165, 1.54) is 0 Å². The van der Waals surface area contributed by atoms with E-state index < -0.39 is 5.97 Å². The number of thiol groups is 1. The van der Waals surface area contributed by atoms with Crippen LogP contribution >= 0.6 is 12.6 Å². The average molecular weight is 264 g/mol. The van der Waals surface area contributed by atoms with E-state index in [1.807, 2.05) is 24.3 Å². The summed E-state index contributed by atoms with van der Waals surface area (Å²) < 4.78 is 0. The molecule has 0 aliphatic carbocycles. The second-order valence-electron chi connectivity index (χ2n) is 3.55. The number of hydrogen-bond acceptors (Lipinski definition) is 4. The third kappa shape index (κ3) is 2.48. The Bertz CT molecular complexity index is 592. The summed E-state index contributed by atoms with van der Waals surface area (Å²) in [5.74, 6) is -0.650. The van der Waals surface area contributed by atoms with Crippen molar-refractivity contribution in [2.75, 3.05) is 12.4 Å². The van der Waals surface area contributed by atoms with Crippen molar-refractivity contribution >= 4 is 35.2 Å². The monoisotopic (exact) mass is 264 g/mol. The highest BCUT2D eigenvalue weighted by molar-refractivity contribution is 7.80. The predicted octanol–water partition coefficient (Wildman–Crippen LogP) is 1.90. The van der Waals surface area contributed by atoms with Crippen LogP contribution in [0.4, 0.5) is 0 Å². The quantitative estimate of drug-likeness (QED) is 0.334. The molecule has 0 fully saturated rings. The van der Waals surface area contributed by atoms with Crippen molar-refractivity contribution in [2.45, 2.75) is 0 Å². The Hall–Kier alpha value is -1.95. The van der Waals surface area contributed by atoms with Gasteiger partial charge in [-0.05, 0) is 6.07 Å². The van der Waals surface area contributed by atoms with Gasteiger partial charge >= 0.3 is 5.97 Å². The van der Waals surface area contributed by atoms with Gasteiger partial charge in [0.15, 0.2) is 5.71 Å². The molecule has 0 aliphatic rings. The van der Waals surface area contributed by atoms with Crippen molar-refractivity contribution in [3.63, 3.8) is 0 Å². The molecule has 0 saturated heterocycles. The van der Waals surface area contributed by atoms with E-state index in [4.69, 9.17) is 9.94 Å². The number of benzene rings is 1. The molecular weight excluding hydrogens is 252 g/mol. The van der Waals surface area contributed by atoms with E-state index in [1.54, 1.807) is 6.20 Å². The fourth-order valence-electron chi connectivity index (χ4n) is 1.62. The van der Waals surface area contributed by atoms with Gasteiger partial charge in [0.2, 0.25) is 0 Å². The second kappa shape index (κ2) is 5.59. The van der Waals surface area contributed by atoms with Crippen molar-refractivity contribution < 1.29 is 14.7 Å². The summed E-state index contributed by atoms with van der Waals surface area (Å²) in [4.78, 5) is 19.1.